The molecule has 3 nitrogen and oxygen atoms in total. The average Bonchev–Trinajstić information content (AvgIpc) is 2.82. The monoisotopic (exact) mass is 267 g/mol. The van der Waals surface area contributed by atoms with Gasteiger partial charge in [-0.05, 0) is 12.8 Å². The lowest BCUT2D eigenvalue weighted by molar-refractivity contribution is 0.250. The van der Waals surface area contributed by atoms with Crippen molar-refractivity contribution in [3.63, 3.8) is 0 Å². The van der Waals surface area contributed by atoms with Crippen molar-refractivity contribution >= 4 is 0 Å². The molecule has 0 spiro atoms. The first-order valence-electron chi connectivity index (χ1n) is 7.77. The van der Waals surface area contributed by atoms with Gasteiger partial charge >= 0.3 is 6.08 Å². The van der Waals surface area contributed by atoms with E-state index < -0.39 is 0 Å². The number of aromatic nitrogens is 1. The van der Waals surface area contributed by atoms with E-state index in [4.69, 9.17) is 4.42 Å². The van der Waals surface area contributed by atoms with Gasteiger partial charge in [0.25, 0.3) is 0 Å². The predicted molar refractivity (Wildman–Crippen MR) is 78.4 cm³/mol. The van der Waals surface area contributed by atoms with Gasteiger partial charge in [0.1, 0.15) is 5.76 Å². The van der Waals surface area contributed by atoms with Gasteiger partial charge in [-0.1, -0.05) is 65.7 Å². The van der Waals surface area contributed by atoms with Gasteiger partial charge in [-0.2, -0.15) is 4.98 Å². The van der Waals surface area contributed by atoms with E-state index in [0.29, 0.717) is 0 Å². The van der Waals surface area contributed by atoms with Gasteiger partial charge in [0.05, 0.1) is 6.20 Å². The van der Waals surface area contributed by atoms with E-state index in [-0.39, 0.29) is 11.5 Å². The molecule has 1 aromatic rings. The van der Waals surface area contributed by atoms with Crippen LogP contribution < -0.4 is 0 Å². The largest absolute Gasteiger partial charge is 0.466 e. The van der Waals surface area contributed by atoms with Crippen molar-refractivity contribution in [2.75, 3.05) is 0 Å². The second-order valence-electron chi connectivity index (χ2n) is 5.84. The Balaban J connectivity index is 2.60. The molecule has 1 aromatic heterocycles. The van der Waals surface area contributed by atoms with Crippen LogP contribution in [-0.2, 0) is 5.41 Å². The first-order valence-corrected chi connectivity index (χ1v) is 7.77. The van der Waals surface area contributed by atoms with Crippen molar-refractivity contribution < 1.29 is 9.52 Å². The average molecular weight is 267 g/mol. The zero-order valence-electron chi connectivity index (χ0n) is 12.7. The molecule has 0 fully saturated rings. The van der Waals surface area contributed by atoms with Crippen LogP contribution in [0.15, 0.2) is 10.6 Å². The van der Waals surface area contributed by atoms with Crippen molar-refractivity contribution in [3.8, 4) is 6.08 Å². The van der Waals surface area contributed by atoms with Gasteiger partial charge < -0.3 is 9.52 Å². The number of rotatable bonds is 10. The molecular formula is C16H29NO2. The summed E-state index contributed by atoms with van der Waals surface area (Å²) in [5.41, 5.74) is 0.0247. The molecule has 19 heavy (non-hydrogen) atoms. The van der Waals surface area contributed by atoms with E-state index >= 15 is 0 Å². The summed E-state index contributed by atoms with van der Waals surface area (Å²) in [5, 5.41) is 9.32. The van der Waals surface area contributed by atoms with Crippen LogP contribution in [0.2, 0.25) is 0 Å². The van der Waals surface area contributed by atoms with Crippen molar-refractivity contribution in [1.29, 1.82) is 0 Å². The van der Waals surface area contributed by atoms with Crippen LogP contribution in [0.4, 0.5) is 0 Å². The summed E-state index contributed by atoms with van der Waals surface area (Å²) in [4.78, 5) is 3.84. The molecule has 0 saturated heterocycles. The maximum Gasteiger partial charge on any atom is 0.391 e. The van der Waals surface area contributed by atoms with Crippen LogP contribution in [0, 0.1) is 0 Å². The highest BCUT2D eigenvalue weighted by Gasteiger charge is 2.29. The fraction of sp³-hybridized carbons (Fsp3) is 0.812. The lowest BCUT2D eigenvalue weighted by atomic mass is 9.78. The molecule has 0 aliphatic heterocycles. The smallest absolute Gasteiger partial charge is 0.391 e. The van der Waals surface area contributed by atoms with Crippen LogP contribution in [0.5, 0.6) is 6.08 Å². The third kappa shape index (κ3) is 5.25. The van der Waals surface area contributed by atoms with E-state index in [9.17, 15) is 5.11 Å². The highest BCUT2D eigenvalue weighted by molar-refractivity contribution is 5.10. The summed E-state index contributed by atoms with van der Waals surface area (Å²) in [6, 6.07) is 0. The van der Waals surface area contributed by atoms with Gasteiger partial charge in [0, 0.05) is 5.41 Å². The highest BCUT2D eigenvalue weighted by atomic mass is 16.5. The Hall–Kier alpha value is -0.990. The number of nitrogens with zero attached hydrogens (tertiary/aromatic N) is 1. The molecule has 0 aliphatic rings. The van der Waals surface area contributed by atoms with Crippen molar-refractivity contribution in [2.45, 2.75) is 84.0 Å². The van der Waals surface area contributed by atoms with Gasteiger partial charge in [0.15, 0.2) is 0 Å². The van der Waals surface area contributed by atoms with E-state index in [1.54, 1.807) is 6.20 Å². The molecule has 1 heterocycles. The predicted octanol–water partition coefficient (Wildman–Crippen LogP) is 5.19. The Labute approximate surface area is 117 Å². The number of hydrogen-bond donors (Lipinski definition) is 1. The first-order chi connectivity index (χ1) is 9.12. The van der Waals surface area contributed by atoms with Crippen molar-refractivity contribution in [3.05, 3.63) is 12.0 Å². The summed E-state index contributed by atoms with van der Waals surface area (Å²) in [6.07, 6.45) is 12.5. The van der Waals surface area contributed by atoms with Gasteiger partial charge in [-0.15, -0.1) is 0 Å². The Morgan fingerprint density at radius 2 is 1.63 bits per heavy atom. The first kappa shape index (κ1) is 16.1. The SMILES string of the molecule is CCCCCCC(C)(CCCCC)c1cnc(O)o1. The Morgan fingerprint density at radius 1 is 1.05 bits per heavy atom. The fourth-order valence-corrected chi connectivity index (χ4v) is 2.62. The lowest BCUT2D eigenvalue weighted by Gasteiger charge is -2.27. The maximum absolute atomic E-state index is 9.32. The molecule has 0 bridgehead atoms. The second-order valence-corrected chi connectivity index (χ2v) is 5.84. The topological polar surface area (TPSA) is 46.3 Å². The van der Waals surface area contributed by atoms with Crippen molar-refractivity contribution in [1.82, 2.24) is 4.98 Å². The third-order valence-electron chi connectivity index (χ3n) is 4.00. The molecule has 110 valence electrons. The van der Waals surface area contributed by atoms with E-state index in [2.05, 4.69) is 25.8 Å². The van der Waals surface area contributed by atoms with Gasteiger partial charge in [-0.25, -0.2) is 0 Å². The molecule has 1 unspecified atom stereocenters. The molecule has 0 aromatic carbocycles. The normalized spacial score (nSPS) is 14.5. The van der Waals surface area contributed by atoms with E-state index in [0.717, 1.165) is 18.6 Å². The minimum Gasteiger partial charge on any atom is -0.466 e. The molecule has 1 N–H and O–H groups in total. The standard InChI is InChI=1S/C16H29NO2/c1-4-6-8-10-12-16(3,11-9-7-5-2)14-13-17-15(18)19-14/h13H,4-12H2,1-3H3,(H,17,18). The summed E-state index contributed by atoms with van der Waals surface area (Å²) in [5.74, 6) is 0.845. The van der Waals surface area contributed by atoms with Crippen LogP contribution in [0.3, 0.4) is 0 Å². The number of aromatic hydroxyl groups is 1. The molecule has 0 aliphatic carbocycles. The zero-order valence-corrected chi connectivity index (χ0v) is 12.7. The maximum atomic E-state index is 9.32. The third-order valence-corrected chi connectivity index (χ3v) is 4.00. The fourth-order valence-electron chi connectivity index (χ4n) is 2.62. The lowest BCUT2D eigenvalue weighted by Crippen LogP contribution is -2.21. The van der Waals surface area contributed by atoms with E-state index in [1.165, 1.54) is 44.9 Å². The number of oxazole rings is 1. The van der Waals surface area contributed by atoms with Gasteiger partial charge in [0.2, 0.25) is 0 Å². The minimum atomic E-state index is -0.203. The highest BCUT2D eigenvalue weighted by Crippen LogP contribution is 2.36. The van der Waals surface area contributed by atoms with Crippen molar-refractivity contribution in [2.24, 2.45) is 0 Å². The summed E-state index contributed by atoms with van der Waals surface area (Å²) in [7, 11) is 0. The molecular weight excluding hydrogens is 238 g/mol. The van der Waals surface area contributed by atoms with E-state index in [1.807, 2.05) is 0 Å². The molecule has 0 saturated carbocycles. The van der Waals surface area contributed by atoms with Crippen LogP contribution >= 0.6 is 0 Å². The Bertz CT molecular complexity index is 348. The quantitative estimate of drug-likeness (QED) is 0.593. The molecule has 0 radical (unpaired) electrons. The Morgan fingerprint density at radius 3 is 2.16 bits per heavy atom. The number of unbranched alkanes of at least 4 members (excludes halogenated alkanes) is 5. The number of hydrogen-bond acceptors (Lipinski definition) is 3. The van der Waals surface area contributed by atoms with Crippen LogP contribution in [-0.4, -0.2) is 10.1 Å². The molecule has 1 rings (SSSR count). The molecule has 3 heteroatoms. The molecule has 1 atom stereocenters. The summed E-state index contributed by atoms with van der Waals surface area (Å²) in [6.45, 7) is 6.70. The summed E-state index contributed by atoms with van der Waals surface area (Å²) >= 11 is 0. The van der Waals surface area contributed by atoms with Crippen LogP contribution in [0.25, 0.3) is 0 Å². The Kier molecular flexibility index (Phi) is 6.96. The minimum absolute atomic E-state index is 0.0247. The van der Waals surface area contributed by atoms with Crippen LogP contribution in [0.1, 0.15) is 84.3 Å². The summed E-state index contributed by atoms with van der Waals surface area (Å²) < 4.78 is 5.38. The second kappa shape index (κ2) is 8.23. The molecule has 0 amide bonds. The van der Waals surface area contributed by atoms with Gasteiger partial charge in [-0.3, -0.25) is 0 Å². The zero-order chi connectivity index (χ0) is 14.1.